The van der Waals surface area contributed by atoms with Gasteiger partial charge in [-0.25, -0.2) is 8.78 Å². The molecule has 5 heteroatoms. The van der Waals surface area contributed by atoms with Gasteiger partial charge >= 0.3 is 0 Å². The van der Waals surface area contributed by atoms with E-state index < -0.39 is 6.43 Å². The van der Waals surface area contributed by atoms with Gasteiger partial charge < -0.3 is 0 Å². The van der Waals surface area contributed by atoms with Crippen molar-refractivity contribution in [3.05, 3.63) is 28.4 Å². The molecule has 0 saturated carbocycles. The summed E-state index contributed by atoms with van der Waals surface area (Å²) in [7, 11) is 1.52. The van der Waals surface area contributed by atoms with Gasteiger partial charge in [-0.1, -0.05) is 15.9 Å². The van der Waals surface area contributed by atoms with Crippen molar-refractivity contribution in [2.45, 2.75) is 6.43 Å². The summed E-state index contributed by atoms with van der Waals surface area (Å²) in [4.78, 5) is 0. The highest BCUT2D eigenvalue weighted by Gasteiger charge is 2.17. The van der Waals surface area contributed by atoms with Crippen molar-refractivity contribution in [3.8, 4) is 0 Å². The average molecular weight is 261 g/mol. The van der Waals surface area contributed by atoms with Crippen LogP contribution in [-0.4, -0.2) is 9.78 Å². The first-order valence-electron chi connectivity index (χ1n) is 4.00. The topological polar surface area (TPSA) is 17.8 Å². The lowest BCUT2D eigenvalue weighted by Crippen LogP contribution is -1.97. The summed E-state index contributed by atoms with van der Waals surface area (Å²) in [6.07, 6.45) is -2.49. The first-order valence-corrected chi connectivity index (χ1v) is 4.79. The smallest absolute Gasteiger partial charge is 0.266 e. The van der Waals surface area contributed by atoms with Gasteiger partial charge in [0.25, 0.3) is 6.43 Å². The highest BCUT2D eigenvalue weighted by Crippen LogP contribution is 2.28. The SMILES string of the molecule is Cn1nc2cc(Br)ccc2c1C(F)F. The molecule has 0 unspecified atom stereocenters. The van der Waals surface area contributed by atoms with Crippen LogP contribution in [0.2, 0.25) is 0 Å². The third-order valence-corrected chi connectivity index (χ3v) is 2.54. The van der Waals surface area contributed by atoms with E-state index >= 15 is 0 Å². The molecule has 0 atom stereocenters. The van der Waals surface area contributed by atoms with E-state index in [4.69, 9.17) is 0 Å². The summed E-state index contributed by atoms with van der Waals surface area (Å²) >= 11 is 3.27. The molecule has 0 aliphatic heterocycles. The van der Waals surface area contributed by atoms with Crippen LogP contribution in [0.5, 0.6) is 0 Å². The van der Waals surface area contributed by atoms with Crippen LogP contribution < -0.4 is 0 Å². The van der Waals surface area contributed by atoms with Crippen molar-refractivity contribution in [2.24, 2.45) is 7.05 Å². The lowest BCUT2D eigenvalue weighted by molar-refractivity contribution is 0.142. The largest absolute Gasteiger partial charge is 0.280 e. The third-order valence-electron chi connectivity index (χ3n) is 2.05. The molecule has 0 bridgehead atoms. The van der Waals surface area contributed by atoms with Gasteiger partial charge in [-0.3, -0.25) is 4.68 Å². The Morgan fingerprint density at radius 3 is 2.79 bits per heavy atom. The molecular weight excluding hydrogens is 254 g/mol. The number of alkyl halides is 2. The number of halogens is 3. The van der Waals surface area contributed by atoms with E-state index in [0.29, 0.717) is 10.9 Å². The van der Waals surface area contributed by atoms with Gasteiger partial charge in [0, 0.05) is 16.9 Å². The molecule has 0 aliphatic rings. The third kappa shape index (κ3) is 1.41. The number of fused-ring (bicyclic) bond motifs is 1. The van der Waals surface area contributed by atoms with Gasteiger partial charge in [0.2, 0.25) is 0 Å². The van der Waals surface area contributed by atoms with Gasteiger partial charge in [-0.15, -0.1) is 0 Å². The summed E-state index contributed by atoms with van der Waals surface area (Å²) in [6.45, 7) is 0. The van der Waals surface area contributed by atoms with E-state index in [1.54, 1.807) is 18.2 Å². The fraction of sp³-hybridized carbons (Fsp3) is 0.222. The standard InChI is InChI=1S/C9H7BrF2N2/c1-14-8(9(11)12)6-3-2-5(10)4-7(6)13-14/h2-4,9H,1H3. The Bertz CT molecular complexity index is 479. The number of hydrogen-bond acceptors (Lipinski definition) is 1. The van der Waals surface area contributed by atoms with Gasteiger partial charge in [0.1, 0.15) is 5.69 Å². The quantitative estimate of drug-likeness (QED) is 0.770. The number of benzene rings is 1. The molecule has 0 saturated heterocycles. The predicted octanol–water partition coefficient (Wildman–Crippen LogP) is 3.27. The molecule has 1 aromatic heterocycles. The Morgan fingerprint density at radius 2 is 2.14 bits per heavy atom. The molecule has 0 spiro atoms. The lowest BCUT2D eigenvalue weighted by atomic mass is 10.2. The van der Waals surface area contributed by atoms with Crippen LogP contribution in [0.4, 0.5) is 8.78 Å². The number of hydrogen-bond donors (Lipinski definition) is 0. The molecule has 0 N–H and O–H groups in total. The van der Waals surface area contributed by atoms with Crippen LogP contribution in [-0.2, 0) is 7.05 Å². The van der Waals surface area contributed by atoms with E-state index in [1.165, 1.54) is 11.7 Å². The molecule has 14 heavy (non-hydrogen) atoms. The van der Waals surface area contributed by atoms with Gasteiger partial charge in [0.15, 0.2) is 0 Å². The maximum absolute atomic E-state index is 12.6. The first-order chi connectivity index (χ1) is 6.59. The van der Waals surface area contributed by atoms with Gasteiger partial charge in [-0.2, -0.15) is 5.10 Å². The normalized spacial score (nSPS) is 11.5. The van der Waals surface area contributed by atoms with E-state index in [1.807, 2.05) is 0 Å². The molecule has 1 aromatic carbocycles. The number of aryl methyl sites for hydroxylation is 1. The van der Waals surface area contributed by atoms with Crippen LogP contribution >= 0.6 is 15.9 Å². The van der Waals surface area contributed by atoms with Crippen molar-refractivity contribution in [3.63, 3.8) is 0 Å². The van der Waals surface area contributed by atoms with Crippen molar-refractivity contribution < 1.29 is 8.78 Å². The molecule has 0 aliphatic carbocycles. The average Bonchev–Trinajstić information content (AvgIpc) is 2.39. The molecular formula is C9H7BrF2N2. The fourth-order valence-corrected chi connectivity index (χ4v) is 1.80. The Labute approximate surface area is 87.6 Å². The van der Waals surface area contributed by atoms with E-state index in [2.05, 4.69) is 21.0 Å². The molecule has 1 heterocycles. The van der Waals surface area contributed by atoms with E-state index in [0.717, 1.165) is 4.47 Å². The van der Waals surface area contributed by atoms with Crippen LogP contribution in [0.1, 0.15) is 12.1 Å². The summed E-state index contributed by atoms with van der Waals surface area (Å²) in [6, 6.07) is 5.10. The minimum absolute atomic E-state index is 0.0347. The van der Waals surface area contributed by atoms with Crippen LogP contribution in [0.25, 0.3) is 10.9 Å². The molecule has 0 fully saturated rings. The minimum Gasteiger partial charge on any atom is -0.266 e. The fourth-order valence-electron chi connectivity index (χ4n) is 1.45. The highest BCUT2D eigenvalue weighted by molar-refractivity contribution is 9.10. The molecule has 0 amide bonds. The van der Waals surface area contributed by atoms with Gasteiger partial charge in [-0.05, 0) is 18.2 Å². The minimum atomic E-state index is -2.49. The van der Waals surface area contributed by atoms with Crippen LogP contribution in [0.15, 0.2) is 22.7 Å². The van der Waals surface area contributed by atoms with E-state index in [9.17, 15) is 8.78 Å². The Morgan fingerprint density at radius 1 is 1.43 bits per heavy atom. The van der Waals surface area contributed by atoms with Crippen molar-refractivity contribution in [1.29, 1.82) is 0 Å². The zero-order valence-electron chi connectivity index (χ0n) is 7.34. The van der Waals surface area contributed by atoms with Crippen molar-refractivity contribution in [2.75, 3.05) is 0 Å². The maximum Gasteiger partial charge on any atom is 0.280 e. The number of aromatic nitrogens is 2. The monoisotopic (exact) mass is 260 g/mol. The Kier molecular flexibility index (Phi) is 2.26. The molecule has 2 nitrogen and oxygen atoms in total. The second-order valence-corrected chi connectivity index (χ2v) is 3.89. The van der Waals surface area contributed by atoms with Crippen LogP contribution in [0, 0.1) is 0 Å². The zero-order chi connectivity index (χ0) is 10.3. The van der Waals surface area contributed by atoms with E-state index in [-0.39, 0.29) is 5.69 Å². The van der Waals surface area contributed by atoms with Crippen LogP contribution in [0.3, 0.4) is 0 Å². The molecule has 0 radical (unpaired) electrons. The van der Waals surface area contributed by atoms with Gasteiger partial charge in [0.05, 0.1) is 5.52 Å². The van der Waals surface area contributed by atoms with Crippen molar-refractivity contribution >= 4 is 26.8 Å². The number of nitrogens with zero attached hydrogens (tertiary/aromatic N) is 2. The summed E-state index contributed by atoms with van der Waals surface area (Å²) in [5, 5.41) is 4.51. The Hall–Kier alpha value is -0.970. The first kappa shape index (κ1) is 9.58. The van der Waals surface area contributed by atoms with Crippen molar-refractivity contribution in [1.82, 2.24) is 9.78 Å². The summed E-state index contributed by atoms with van der Waals surface area (Å²) in [5.41, 5.74) is 0.546. The second kappa shape index (κ2) is 3.31. The second-order valence-electron chi connectivity index (χ2n) is 2.97. The molecule has 2 rings (SSSR count). The Balaban J connectivity index is 2.77. The zero-order valence-corrected chi connectivity index (χ0v) is 8.92. The summed E-state index contributed by atoms with van der Waals surface area (Å²) < 4.78 is 27.3. The molecule has 2 aromatic rings. The lowest BCUT2D eigenvalue weighted by Gasteiger charge is -1.99. The highest BCUT2D eigenvalue weighted by atomic mass is 79.9. The number of rotatable bonds is 1. The maximum atomic E-state index is 12.6. The predicted molar refractivity (Wildman–Crippen MR) is 53.4 cm³/mol. The summed E-state index contributed by atoms with van der Waals surface area (Å²) in [5.74, 6) is 0. The molecule has 74 valence electrons.